The van der Waals surface area contributed by atoms with Crippen molar-refractivity contribution in [2.75, 3.05) is 6.54 Å². The van der Waals surface area contributed by atoms with Crippen molar-refractivity contribution >= 4 is 11.6 Å². The lowest BCUT2D eigenvalue weighted by molar-refractivity contribution is 0.662. The van der Waals surface area contributed by atoms with Gasteiger partial charge in [0.2, 0.25) is 0 Å². The molecule has 0 spiro atoms. The third-order valence-corrected chi connectivity index (χ3v) is 3.68. The summed E-state index contributed by atoms with van der Waals surface area (Å²) in [5, 5.41) is 4.16. The van der Waals surface area contributed by atoms with E-state index in [1.807, 2.05) is 18.2 Å². The third kappa shape index (κ3) is 4.51. The third-order valence-electron chi connectivity index (χ3n) is 3.45. The van der Waals surface area contributed by atoms with Crippen LogP contribution >= 0.6 is 11.6 Å². The number of benzene rings is 1. The lowest BCUT2D eigenvalue weighted by Crippen LogP contribution is -2.17. The molecule has 0 aliphatic rings. The molecule has 21 heavy (non-hydrogen) atoms. The number of aromatic nitrogens is 2. The summed E-state index contributed by atoms with van der Waals surface area (Å²) in [6.07, 6.45) is 1.84. The normalized spacial score (nSPS) is 10.9. The lowest BCUT2D eigenvalue weighted by atomic mass is 10.1. The lowest BCUT2D eigenvalue weighted by Gasteiger charge is -2.11. The fourth-order valence-electron chi connectivity index (χ4n) is 2.36. The van der Waals surface area contributed by atoms with Gasteiger partial charge in [-0.05, 0) is 44.5 Å². The average Bonchev–Trinajstić information content (AvgIpc) is 2.42. The van der Waals surface area contributed by atoms with Crippen molar-refractivity contribution in [1.82, 2.24) is 15.3 Å². The molecule has 4 heteroatoms. The molecule has 0 unspecified atom stereocenters. The van der Waals surface area contributed by atoms with Gasteiger partial charge in [-0.1, -0.05) is 30.7 Å². The number of hydrogen-bond acceptors (Lipinski definition) is 3. The quantitative estimate of drug-likeness (QED) is 0.824. The summed E-state index contributed by atoms with van der Waals surface area (Å²) in [7, 11) is 0. The van der Waals surface area contributed by atoms with E-state index in [9.17, 15) is 0 Å². The highest BCUT2D eigenvalue weighted by atomic mass is 35.5. The molecule has 0 amide bonds. The standard InChI is InChI=1S/C17H22ClN3/c1-4-8-19-11-16-12(2)20-17(21-13(16)3)10-14-6-5-7-15(18)9-14/h5-7,9,19H,4,8,10-11H2,1-3H3. The Bertz CT molecular complexity index is 588. The molecule has 1 heterocycles. The van der Waals surface area contributed by atoms with Crippen molar-refractivity contribution in [2.45, 2.75) is 40.2 Å². The van der Waals surface area contributed by atoms with Gasteiger partial charge in [-0.2, -0.15) is 0 Å². The second-order valence-electron chi connectivity index (χ2n) is 5.27. The highest BCUT2D eigenvalue weighted by Gasteiger charge is 2.09. The monoisotopic (exact) mass is 303 g/mol. The van der Waals surface area contributed by atoms with Crippen molar-refractivity contribution < 1.29 is 0 Å². The Morgan fingerprint density at radius 3 is 2.48 bits per heavy atom. The van der Waals surface area contributed by atoms with Crippen LogP contribution in [0.25, 0.3) is 0 Å². The van der Waals surface area contributed by atoms with Crippen LogP contribution in [-0.4, -0.2) is 16.5 Å². The Kier molecular flexibility index (Phi) is 5.71. The van der Waals surface area contributed by atoms with Crippen LogP contribution in [0.3, 0.4) is 0 Å². The zero-order chi connectivity index (χ0) is 15.2. The van der Waals surface area contributed by atoms with Gasteiger partial charge in [-0.25, -0.2) is 9.97 Å². The van der Waals surface area contributed by atoms with E-state index in [-0.39, 0.29) is 0 Å². The molecule has 2 rings (SSSR count). The first-order valence-electron chi connectivity index (χ1n) is 7.38. The number of nitrogens with zero attached hydrogens (tertiary/aromatic N) is 2. The molecule has 0 bridgehead atoms. The molecule has 0 atom stereocenters. The molecule has 1 N–H and O–H groups in total. The van der Waals surface area contributed by atoms with E-state index in [0.29, 0.717) is 6.42 Å². The van der Waals surface area contributed by atoms with Gasteiger partial charge in [-0.3, -0.25) is 0 Å². The van der Waals surface area contributed by atoms with Crippen LogP contribution in [0, 0.1) is 13.8 Å². The number of hydrogen-bond donors (Lipinski definition) is 1. The van der Waals surface area contributed by atoms with Crippen molar-refractivity contribution in [3.8, 4) is 0 Å². The maximum Gasteiger partial charge on any atom is 0.133 e. The maximum atomic E-state index is 6.02. The molecule has 0 saturated carbocycles. The summed E-state index contributed by atoms with van der Waals surface area (Å²) in [6.45, 7) is 8.13. The van der Waals surface area contributed by atoms with Gasteiger partial charge in [0.05, 0.1) is 0 Å². The minimum atomic E-state index is 0.713. The van der Waals surface area contributed by atoms with Crippen molar-refractivity contribution in [1.29, 1.82) is 0 Å². The molecule has 112 valence electrons. The second-order valence-corrected chi connectivity index (χ2v) is 5.71. The molecule has 0 radical (unpaired) electrons. The first-order chi connectivity index (χ1) is 10.1. The molecule has 0 aliphatic heterocycles. The summed E-state index contributed by atoms with van der Waals surface area (Å²) < 4.78 is 0. The van der Waals surface area contributed by atoms with Crippen LogP contribution in [0.2, 0.25) is 5.02 Å². The average molecular weight is 304 g/mol. The molecule has 0 aliphatic carbocycles. The van der Waals surface area contributed by atoms with Crippen LogP contribution in [-0.2, 0) is 13.0 Å². The Hall–Kier alpha value is -1.45. The minimum absolute atomic E-state index is 0.713. The van der Waals surface area contributed by atoms with E-state index >= 15 is 0 Å². The zero-order valence-electron chi connectivity index (χ0n) is 12.9. The maximum absolute atomic E-state index is 6.02. The molecule has 2 aromatic rings. The molecule has 0 saturated heterocycles. The number of nitrogens with one attached hydrogen (secondary N) is 1. The van der Waals surface area contributed by atoms with Crippen LogP contribution in [0.15, 0.2) is 24.3 Å². The van der Waals surface area contributed by atoms with Crippen molar-refractivity contribution in [2.24, 2.45) is 0 Å². The number of aryl methyl sites for hydroxylation is 2. The van der Waals surface area contributed by atoms with Gasteiger partial charge in [0.15, 0.2) is 0 Å². The smallest absolute Gasteiger partial charge is 0.133 e. The first kappa shape index (κ1) is 15.9. The highest BCUT2D eigenvalue weighted by molar-refractivity contribution is 6.30. The predicted molar refractivity (Wildman–Crippen MR) is 87.8 cm³/mol. The van der Waals surface area contributed by atoms with Gasteiger partial charge in [0, 0.05) is 34.9 Å². The van der Waals surface area contributed by atoms with Gasteiger partial charge in [0.25, 0.3) is 0 Å². The summed E-state index contributed by atoms with van der Waals surface area (Å²) in [5.74, 6) is 0.853. The molecule has 1 aromatic heterocycles. The van der Waals surface area contributed by atoms with Gasteiger partial charge >= 0.3 is 0 Å². The Morgan fingerprint density at radius 1 is 1.14 bits per heavy atom. The largest absolute Gasteiger partial charge is 0.313 e. The first-order valence-corrected chi connectivity index (χ1v) is 7.76. The zero-order valence-corrected chi connectivity index (χ0v) is 13.7. The Labute approximate surface area is 131 Å². The van der Waals surface area contributed by atoms with Crippen molar-refractivity contribution in [3.63, 3.8) is 0 Å². The van der Waals surface area contributed by atoms with Gasteiger partial charge < -0.3 is 5.32 Å². The molecule has 0 fully saturated rings. The fraction of sp³-hybridized carbons (Fsp3) is 0.412. The summed E-state index contributed by atoms with van der Waals surface area (Å²) in [4.78, 5) is 9.29. The predicted octanol–water partition coefficient (Wildman–Crippen LogP) is 3.84. The number of rotatable bonds is 6. The summed E-state index contributed by atoms with van der Waals surface area (Å²) >= 11 is 6.02. The topological polar surface area (TPSA) is 37.8 Å². The minimum Gasteiger partial charge on any atom is -0.313 e. The van der Waals surface area contributed by atoms with E-state index in [1.165, 1.54) is 5.56 Å². The Morgan fingerprint density at radius 2 is 1.86 bits per heavy atom. The number of halogens is 1. The highest BCUT2D eigenvalue weighted by Crippen LogP contribution is 2.15. The van der Waals surface area contributed by atoms with Crippen LogP contribution in [0.1, 0.15) is 41.7 Å². The van der Waals surface area contributed by atoms with Crippen LogP contribution in [0.5, 0.6) is 0 Å². The van der Waals surface area contributed by atoms with Crippen molar-refractivity contribution in [3.05, 3.63) is 57.6 Å². The van der Waals surface area contributed by atoms with Gasteiger partial charge in [0.1, 0.15) is 5.82 Å². The molecular weight excluding hydrogens is 282 g/mol. The van der Waals surface area contributed by atoms with E-state index in [2.05, 4.69) is 42.1 Å². The van der Waals surface area contributed by atoms with E-state index in [1.54, 1.807) is 0 Å². The molecular formula is C17H22ClN3. The van der Waals surface area contributed by atoms with Crippen LogP contribution < -0.4 is 5.32 Å². The fourth-order valence-corrected chi connectivity index (χ4v) is 2.58. The van der Waals surface area contributed by atoms with E-state index in [4.69, 9.17) is 11.6 Å². The molecule has 3 nitrogen and oxygen atoms in total. The SMILES string of the molecule is CCCNCc1c(C)nc(Cc2cccc(Cl)c2)nc1C. The van der Waals surface area contributed by atoms with Crippen LogP contribution in [0.4, 0.5) is 0 Å². The van der Waals surface area contributed by atoms with E-state index < -0.39 is 0 Å². The second kappa shape index (κ2) is 7.53. The summed E-state index contributed by atoms with van der Waals surface area (Å²) in [6, 6.07) is 7.86. The molecule has 1 aromatic carbocycles. The van der Waals surface area contributed by atoms with E-state index in [0.717, 1.165) is 47.3 Å². The Balaban J connectivity index is 2.15. The summed E-state index contributed by atoms with van der Waals surface area (Å²) in [5.41, 5.74) is 4.46. The van der Waals surface area contributed by atoms with Gasteiger partial charge in [-0.15, -0.1) is 0 Å².